The van der Waals surface area contributed by atoms with Crippen LogP contribution in [0.2, 0.25) is 0 Å². The summed E-state index contributed by atoms with van der Waals surface area (Å²) < 4.78 is 5.34. The van der Waals surface area contributed by atoms with Crippen LogP contribution in [0.15, 0.2) is 18.2 Å². The predicted molar refractivity (Wildman–Crippen MR) is 65.6 cm³/mol. The van der Waals surface area contributed by atoms with Gasteiger partial charge in [0.1, 0.15) is 5.75 Å². The van der Waals surface area contributed by atoms with Gasteiger partial charge in [-0.05, 0) is 18.6 Å². The Balaban J connectivity index is 2.23. The van der Waals surface area contributed by atoms with Gasteiger partial charge in [0, 0.05) is 23.7 Å². The number of nitrogens with one attached hydrogen (secondary N) is 1. The molecule has 0 amide bonds. The second-order valence-electron chi connectivity index (χ2n) is 4.47. The first kappa shape index (κ1) is 11.8. The first-order valence-corrected chi connectivity index (χ1v) is 5.77. The maximum absolute atomic E-state index is 10.9. The average molecular weight is 235 g/mol. The third-order valence-corrected chi connectivity index (χ3v) is 3.29. The van der Waals surface area contributed by atoms with Gasteiger partial charge in [-0.2, -0.15) is 0 Å². The average Bonchev–Trinajstić information content (AvgIpc) is 2.72. The smallest absolute Gasteiger partial charge is 0.306 e. The zero-order valence-electron chi connectivity index (χ0n) is 10.1. The summed E-state index contributed by atoms with van der Waals surface area (Å²) in [6.45, 7) is 2.53. The number of carbonyl (C=O) groups is 1. The van der Waals surface area contributed by atoms with E-state index in [9.17, 15) is 4.79 Å². The molecule has 0 spiro atoms. The van der Waals surface area contributed by atoms with Gasteiger partial charge in [-0.1, -0.05) is 13.0 Å². The van der Waals surface area contributed by atoms with Gasteiger partial charge < -0.3 is 15.2 Å². The van der Waals surface area contributed by atoms with Crippen molar-refractivity contribution in [1.82, 2.24) is 0 Å². The van der Waals surface area contributed by atoms with E-state index in [4.69, 9.17) is 9.84 Å². The lowest BCUT2D eigenvalue weighted by Crippen LogP contribution is -2.15. The summed E-state index contributed by atoms with van der Waals surface area (Å²) in [5.74, 6) is -0.0200. The second-order valence-corrected chi connectivity index (χ2v) is 4.47. The molecule has 92 valence electrons. The van der Waals surface area contributed by atoms with Gasteiger partial charge in [-0.25, -0.2) is 0 Å². The van der Waals surface area contributed by atoms with E-state index in [1.54, 1.807) is 14.0 Å². The molecule has 1 heterocycles. The van der Waals surface area contributed by atoms with Crippen LogP contribution in [0.25, 0.3) is 0 Å². The standard InChI is InChI=1S/C13H17NO3/c1-8(13(15)16)6-9-7-14-10-4-3-5-11(17-2)12(9)10/h3-5,8-9,14H,6-7H2,1-2H3,(H,15,16). The number of hydrogen-bond acceptors (Lipinski definition) is 3. The molecule has 0 fully saturated rings. The Hall–Kier alpha value is -1.71. The summed E-state index contributed by atoms with van der Waals surface area (Å²) in [6.07, 6.45) is 0.635. The molecule has 4 heteroatoms. The van der Waals surface area contributed by atoms with Crippen molar-refractivity contribution in [2.75, 3.05) is 19.0 Å². The number of carboxylic acid groups (broad SMARTS) is 1. The van der Waals surface area contributed by atoms with Crippen LogP contribution in [0.1, 0.15) is 24.8 Å². The van der Waals surface area contributed by atoms with Crippen LogP contribution < -0.4 is 10.1 Å². The van der Waals surface area contributed by atoms with Gasteiger partial charge >= 0.3 is 5.97 Å². The molecular formula is C13H17NO3. The normalized spacial score (nSPS) is 19.3. The zero-order chi connectivity index (χ0) is 12.4. The van der Waals surface area contributed by atoms with E-state index in [0.717, 1.165) is 23.5 Å². The van der Waals surface area contributed by atoms with E-state index >= 15 is 0 Å². The Kier molecular flexibility index (Phi) is 3.22. The number of rotatable bonds is 4. The molecular weight excluding hydrogens is 218 g/mol. The highest BCUT2D eigenvalue weighted by Crippen LogP contribution is 2.41. The Morgan fingerprint density at radius 2 is 2.41 bits per heavy atom. The van der Waals surface area contributed by atoms with Crippen molar-refractivity contribution >= 4 is 11.7 Å². The van der Waals surface area contributed by atoms with Gasteiger partial charge in [-0.3, -0.25) is 4.79 Å². The van der Waals surface area contributed by atoms with Crippen LogP contribution in [0, 0.1) is 5.92 Å². The molecule has 0 saturated heterocycles. The van der Waals surface area contributed by atoms with Crippen molar-refractivity contribution in [2.45, 2.75) is 19.3 Å². The van der Waals surface area contributed by atoms with Crippen molar-refractivity contribution in [3.63, 3.8) is 0 Å². The molecule has 0 aromatic heterocycles. The minimum atomic E-state index is -0.742. The fourth-order valence-corrected chi connectivity index (χ4v) is 2.36. The maximum Gasteiger partial charge on any atom is 0.306 e. The number of benzene rings is 1. The highest BCUT2D eigenvalue weighted by atomic mass is 16.5. The molecule has 0 saturated carbocycles. The number of aliphatic carboxylic acids is 1. The van der Waals surface area contributed by atoms with Crippen LogP contribution in [-0.2, 0) is 4.79 Å². The largest absolute Gasteiger partial charge is 0.496 e. The quantitative estimate of drug-likeness (QED) is 0.840. The number of anilines is 1. The minimum absolute atomic E-state index is 0.215. The van der Waals surface area contributed by atoms with E-state index in [1.807, 2.05) is 18.2 Å². The highest BCUT2D eigenvalue weighted by Gasteiger charge is 2.28. The Morgan fingerprint density at radius 1 is 1.65 bits per heavy atom. The fraction of sp³-hybridized carbons (Fsp3) is 0.462. The predicted octanol–water partition coefficient (Wildman–Crippen LogP) is 2.32. The lowest BCUT2D eigenvalue weighted by Gasteiger charge is -2.15. The molecule has 1 aromatic rings. The van der Waals surface area contributed by atoms with E-state index in [2.05, 4.69) is 5.32 Å². The van der Waals surface area contributed by atoms with Crippen LogP contribution in [-0.4, -0.2) is 24.7 Å². The number of methoxy groups -OCH3 is 1. The van der Waals surface area contributed by atoms with Crippen molar-refractivity contribution in [3.05, 3.63) is 23.8 Å². The van der Waals surface area contributed by atoms with Crippen LogP contribution >= 0.6 is 0 Å². The molecule has 1 aromatic carbocycles. The van der Waals surface area contributed by atoms with E-state index in [0.29, 0.717) is 6.42 Å². The third kappa shape index (κ3) is 2.20. The van der Waals surface area contributed by atoms with Gasteiger partial charge in [0.2, 0.25) is 0 Å². The fourth-order valence-electron chi connectivity index (χ4n) is 2.36. The molecule has 1 aliphatic heterocycles. The third-order valence-electron chi connectivity index (χ3n) is 3.29. The molecule has 1 aliphatic rings. The van der Waals surface area contributed by atoms with Crippen molar-refractivity contribution in [1.29, 1.82) is 0 Å². The monoisotopic (exact) mass is 235 g/mol. The summed E-state index contributed by atoms with van der Waals surface area (Å²) in [5.41, 5.74) is 2.18. The molecule has 2 N–H and O–H groups in total. The lowest BCUT2D eigenvalue weighted by atomic mass is 9.90. The Bertz CT molecular complexity index is 431. The number of hydrogen-bond donors (Lipinski definition) is 2. The molecule has 0 radical (unpaired) electrons. The SMILES string of the molecule is COc1cccc2c1C(CC(C)C(=O)O)CN2. The van der Waals surface area contributed by atoms with Gasteiger partial charge in [0.05, 0.1) is 13.0 Å². The van der Waals surface area contributed by atoms with Crippen molar-refractivity contribution < 1.29 is 14.6 Å². The molecule has 0 aliphatic carbocycles. The second kappa shape index (κ2) is 4.65. The molecule has 2 rings (SSSR count). The number of fused-ring (bicyclic) bond motifs is 1. The summed E-state index contributed by atoms with van der Waals surface area (Å²) >= 11 is 0. The van der Waals surface area contributed by atoms with Crippen LogP contribution in [0.5, 0.6) is 5.75 Å². The van der Waals surface area contributed by atoms with E-state index in [-0.39, 0.29) is 11.8 Å². The summed E-state index contributed by atoms with van der Waals surface area (Å²) in [6, 6.07) is 5.86. The van der Waals surface area contributed by atoms with Gasteiger partial charge in [0.15, 0.2) is 0 Å². The summed E-state index contributed by atoms with van der Waals surface area (Å²) in [7, 11) is 1.64. The van der Waals surface area contributed by atoms with Gasteiger partial charge in [-0.15, -0.1) is 0 Å². The van der Waals surface area contributed by atoms with Crippen LogP contribution in [0.3, 0.4) is 0 Å². The molecule has 17 heavy (non-hydrogen) atoms. The number of ether oxygens (including phenoxy) is 1. The van der Waals surface area contributed by atoms with Crippen molar-refractivity contribution in [3.8, 4) is 5.75 Å². The molecule has 0 bridgehead atoms. The molecule has 2 atom stereocenters. The van der Waals surface area contributed by atoms with E-state index in [1.165, 1.54) is 0 Å². The van der Waals surface area contributed by atoms with Crippen LogP contribution in [0.4, 0.5) is 5.69 Å². The molecule has 2 unspecified atom stereocenters. The summed E-state index contributed by atoms with van der Waals surface area (Å²) in [4.78, 5) is 10.9. The van der Waals surface area contributed by atoms with E-state index < -0.39 is 5.97 Å². The maximum atomic E-state index is 10.9. The van der Waals surface area contributed by atoms with Gasteiger partial charge in [0.25, 0.3) is 0 Å². The first-order chi connectivity index (χ1) is 8.13. The minimum Gasteiger partial charge on any atom is -0.496 e. The summed E-state index contributed by atoms with van der Waals surface area (Å²) in [5, 5.41) is 12.3. The Labute approximate surface area is 101 Å². The number of carboxylic acids is 1. The zero-order valence-corrected chi connectivity index (χ0v) is 10.1. The highest BCUT2D eigenvalue weighted by molar-refractivity contribution is 5.70. The Morgan fingerprint density at radius 3 is 3.06 bits per heavy atom. The first-order valence-electron chi connectivity index (χ1n) is 5.77. The van der Waals surface area contributed by atoms with Crippen molar-refractivity contribution in [2.24, 2.45) is 5.92 Å². The molecule has 4 nitrogen and oxygen atoms in total. The topological polar surface area (TPSA) is 58.6 Å². The lowest BCUT2D eigenvalue weighted by molar-refractivity contribution is -0.141.